The average molecular weight is 1590 g/mol. The molecule has 3 amide bonds. The molecule has 0 saturated carbocycles. The molecule has 102 heavy (non-hydrogen) atoms. The number of ether oxygens (including phenoxy) is 13. The number of aliphatic carboxylic acids is 3. The van der Waals surface area contributed by atoms with Crippen molar-refractivity contribution in [2.75, 3.05) is 24.4 Å². The van der Waals surface area contributed by atoms with E-state index in [1.54, 1.807) is 0 Å². The van der Waals surface area contributed by atoms with Crippen molar-refractivity contribution in [2.45, 2.75) is 205 Å². The summed E-state index contributed by atoms with van der Waals surface area (Å²) >= 11 is 0. The Balaban J connectivity index is 0.00000867. The van der Waals surface area contributed by atoms with Gasteiger partial charge in [-0.2, -0.15) is 0 Å². The number of hydrogen-bond donors (Lipinski definition) is 13. The molecule has 0 bridgehead atoms. The molecule has 0 aliphatic carbocycles. The summed E-state index contributed by atoms with van der Waals surface area (Å²) in [6.45, 7) is 2.39. The van der Waals surface area contributed by atoms with Crippen molar-refractivity contribution < 1.29 is 373 Å². The molecule has 0 aromatic heterocycles. The van der Waals surface area contributed by atoms with Gasteiger partial charge in [0.05, 0.1) is 72.6 Å². The van der Waals surface area contributed by atoms with Crippen LogP contribution >= 0.6 is 0 Å². The normalized spacial score (nSPS) is 38.4. The second-order valence-electron chi connectivity index (χ2n) is 22.4. The summed E-state index contributed by atoms with van der Waals surface area (Å²) in [5.74, 6) is -15.3. The van der Waals surface area contributed by atoms with Crippen LogP contribution in [-0.2, 0) is 111 Å². The maximum absolute atomic E-state index is 12.9. The number of carbonyl (C=O) groups excluding carboxylic acids is 6. The van der Waals surface area contributed by atoms with Crippen LogP contribution in [0.5, 0.6) is 11.5 Å². The van der Waals surface area contributed by atoms with E-state index in [0.717, 1.165) is 20.8 Å². The van der Waals surface area contributed by atoms with E-state index in [4.69, 9.17) is 61.6 Å². The van der Waals surface area contributed by atoms with Gasteiger partial charge in [0.1, 0.15) is 158 Å². The molecule has 0 radical (unpaired) electrons. The number of benzene rings is 1. The number of amides is 3. The molecule has 1 aromatic rings. The molecule has 6 aliphatic rings. The number of hydrogen-bond acceptors (Lipinski definition) is 41. The minimum absolute atomic E-state index is 0. The van der Waals surface area contributed by atoms with Crippen LogP contribution in [-0.4, -0.2) is 334 Å². The van der Waals surface area contributed by atoms with Gasteiger partial charge in [-0.25, -0.2) is 25.3 Å². The number of aliphatic hydroxyl groups excluding tert-OH is 10. The summed E-state index contributed by atoms with van der Waals surface area (Å²) in [7, 11) is -15.3. The molecule has 546 valence electrons. The summed E-state index contributed by atoms with van der Waals surface area (Å²) in [5.41, 5.74) is 0. The van der Waals surface area contributed by atoms with Crippen LogP contribution in [0.15, 0.2) is 24.3 Å². The molecule has 6 heterocycles. The molecular weight excluding hydrogens is 1520 g/mol. The second kappa shape index (κ2) is 42.4. The molecule has 7 rings (SSSR count). The van der Waals surface area contributed by atoms with Crippen LogP contribution in [0.1, 0.15) is 20.8 Å². The third-order valence-corrected chi connectivity index (χ3v) is 17.6. The maximum Gasteiger partial charge on any atom is 1.00 e. The van der Waals surface area contributed by atoms with Gasteiger partial charge < -0.3 is 172 Å². The van der Waals surface area contributed by atoms with E-state index in [0.29, 0.717) is 5.75 Å². The smallest absolute Gasteiger partial charge is 0.748 e. The molecule has 6 fully saturated rings. The molecule has 0 unspecified atom stereocenters. The van der Waals surface area contributed by atoms with E-state index in [9.17, 15) is 134 Å². The van der Waals surface area contributed by atoms with Gasteiger partial charge in [0, 0.05) is 20.8 Å². The van der Waals surface area contributed by atoms with Crippen LogP contribution in [0, 0.1) is 0 Å². The van der Waals surface area contributed by atoms with Gasteiger partial charge in [-0.05, 0) is 24.3 Å². The largest absolute Gasteiger partial charge is 1.00 e. The number of methoxy groups -OCH3 is 1. The number of carboxylic acid groups (broad SMARTS) is 3. The first-order valence-electron chi connectivity index (χ1n) is 28.1. The van der Waals surface area contributed by atoms with Gasteiger partial charge in [0.15, 0.2) is 31.5 Å². The summed E-state index contributed by atoms with van der Waals surface area (Å²) in [4.78, 5) is 75.5. The van der Waals surface area contributed by atoms with Gasteiger partial charge in [-0.3, -0.25) is 14.4 Å². The minimum atomic E-state index is -5.70. The zero-order valence-corrected chi connectivity index (χ0v) is 70.1. The molecule has 1 aromatic carbocycles. The Hall–Kier alpha value is 0.530. The molecule has 13 N–H and O–H groups in total. The van der Waals surface area contributed by atoms with Crippen LogP contribution in [0.25, 0.3) is 0 Å². The van der Waals surface area contributed by atoms with E-state index in [-0.39, 0.29) is 183 Å². The van der Waals surface area contributed by atoms with Crippen molar-refractivity contribution in [3.63, 3.8) is 0 Å². The van der Waals surface area contributed by atoms with Gasteiger partial charge in [-0.1, -0.05) is 0 Å². The monoisotopic (exact) mass is 1590 g/mol. The van der Waals surface area contributed by atoms with Gasteiger partial charge >= 0.3 is 177 Å². The molecule has 44 nitrogen and oxygen atoms in total. The third-order valence-electron chi connectivity index (χ3n) is 15.4. The first kappa shape index (κ1) is 101. The van der Waals surface area contributed by atoms with Crippen molar-refractivity contribution in [1.29, 1.82) is 0 Å². The van der Waals surface area contributed by atoms with Crippen LogP contribution < -0.4 is 218 Å². The summed E-state index contributed by atoms with van der Waals surface area (Å²) < 4.78 is 180. The first-order valence-corrected chi connectivity index (χ1v) is 32.8. The van der Waals surface area contributed by atoms with E-state index < -0.39 is 267 Å². The Morgan fingerprint density at radius 2 is 0.637 bits per heavy atom. The predicted molar refractivity (Wildman–Crippen MR) is 282 cm³/mol. The molecule has 6 saturated heterocycles. The Morgan fingerprint density at radius 1 is 0.373 bits per heavy atom. The quantitative estimate of drug-likeness (QED) is 0.0319. The van der Waals surface area contributed by atoms with E-state index in [2.05, 4.69) is 10.6 Å². The number of carboxylic acids is 3. The fourth-order valence-electron chi connectivity index (χ4n) is 11.1. The Kier molecular flexibility index (Phi) is 41.8. The third kappa shape index (κ3) is 26.0. The number of nitrogens with one attached hydrogen (secondary N) is 3. The topological polar surface area (TPSA) is 702 Å². The minimum Gasteiger partial charge on any atom is -0.748 e. The predicted octanol–water partition coefficient (Wildman–Crippen LogP) is -34.6. The summed E-state index contributed by atoms with van der Waals surface area (Å²) in [6, 6.07) is -1.15. The van der Waals surface area contributed by atoms with Crippen molar-refractivity contribution in [1.82, 2.24) is 16.0 Å². The van der Waals surface area contributed by atoms with E-state index in [1.807, 2.05) is 5.32 Å². The molecule has 6 aliphatic heterocycles. The van der Waals surface area contributed by atoms with Crippen molar-refractivity contribution in [2.24, 2.45) is 0 Å². The van der Waals surface area contributed by atoms with Crippen LogP contribution in [0.4, 0.5) is 0 Å². The van der Waals surface area contributed by atoms with Crippen molar-refractivity contribution in [3.05, 3.63) is 24.3 Å². The molecule has 30 atom stereocenters. The standard InChI is InChI=1S/C49H71N3O41S3.6Na/c1-12(53)50-20-24(57)23(56)17(9-94(72,73)74)83-44(20)88-36-28(61)31(64)48(92-39(36)42(68)69)86-34-19(11-96(78,79)80)85-46(22(26(34)59)52-14(3)55)90-37-29(62)32(65)49(93-40(37)43(70)71)87-33-18(10-95(75,76)77)84-45(21(25(33)58)51-13(2)54)89-35-27(60)30(63)47(91-38(35)41(66)67)82-16-7-5-15(81-4)6-8-16;;;;;;/h5-8,17-40,44-49,56-65H,9-11H2,1-4H3,(H,50,53)(H,51,54)(H,52,55)(H,66,67)(H,68,69)(H,70,71)(H,72,73,74)(H,75,76,77)(H,78,79,80);;;;;;/q;6*+1/p-6/t17-,18-,19-,20-,21-,22-,23-,24-,25-,26-,27-,28-,29-,30-,31-,32-,33-,34-,35+,36+,37+,38+,39+,40+,44-,45-,46+,47-,48-,49-;;;;;;/m1....../s1. The fourth-order valence-corrected chi connectivity index (χ4v) is 13.1. The van der Waals surface area contributed by atoms with Crippen molar-refractivity contribution in [3.8, 4) is 11.5 Å². The van der Waals surface area contributed by atoms with E-state index >= 15 is 0 Å². The zero-order chi connectivity index (χ0) is 71.7. The molecular formula is C49H65N3Na6O41S3. The average Bonchev–Trinajstić information content (AvgIpc) is 0.765. The Morgan fingerprint density at radius 3 is 0.931 bits per heavy atom. The van der Waals surface area contributed by atoms with Crippen LogP contribution in [0.3, 0.4) is 0 Å². The SMILES string of the molecule is COc1ccc(O[C@@H]2O[C@H](C(=O)[O-])[C@@H](O[C@H]3O[C@H](CS(=O)(=O)[O-])[C@@H](O[C@@H]4O[C@H](C(=O)[O-])[C@@H](O[C@@H]5O[C@H](CS(=O)(=O)[O-])[C@@H](O[C@@H]6O[C@H](C(=O)[O-])[C@@H](O[C@H]7O[C@H](CS(=O)(=O)[O-])[C@@H](O)[C@H](O)[C@H]7NC(C)=O)[C@H](O)[C@H]6O)[C@H](O)[C@H]5NC(C)=O)[C@H](O)[C@H]4O)[C@H](O)[C@H]3NC(C)=O)[C@H](O)[C@H]2O)cc1.[Na+].[Na+].[Na+].[Na+].[Na+].[Na+]. The number of aliphatic hydroxyl groups is 10. The second-order valence-corrected chi connectivity index (χ2v) is 26.8. The first-order chi connectivity index (χ1) is 44.5. The maximum atomic E-state index is 12.9. The van der Waals surface area contributed by atoms with Gasteiger partial charge in [0.2, 0.25) is 24.0 Å². The molecule has 53 heteroatoms. The summed E-state index contributed by atoms with van der Waals surface area (Å²) in [5, 5.41) is 157. The number of carbonyl (C=O) groups is 6. The Bertz CT molecular complexity index is 3300. The van der Waals surface area contributed by atoms with Crippen molar-refractivity contribution >= 4 is 66.0 Å². The molecule has 0 spiro atoms. The fraction of sp³-hybridized carbons (Fsp3) is 0.755. The summed E-state index contributed by atoms with van der Waals surface area (Å²) in [6.07, 6.45) is -68.2. The Labute approximate surface area is 711 Å². The van der Waals surface area contributed by atoms with Crippen LogP contribution in [0.2, 0.25) is 0 Å². The van der Waals surface area contributed by atoms with Gasteiger partial charge in [-0.15, -0.1) is 0 Å². The van der Waals surface area contributed by atoms with Gasteiger partial charge in [0.25, 0.3) is 0 Å². The number of rotatable bonds is 25. The van der Waals surface area contributed by atoms with E-state index in [1.165, 1.54) is 31.4 Å². The zero-order valence-electron chi connectivity index (χ0n) is 55.6.